The Kier molecular flexibility index (Phi) is 6.01. The first kappa shape index (κ1) is 21.4. The van der Waals surface area contributed by atoms with E-state index in [0.717, 1.165) is 11.1 Å². The molecule has 0 aromatic heterocycles. The number of hydrogen-bond acceptors (Lipinski definition) is 3. The van der Waals surface area contributed by atoms with E-state index in [0.29, 0.717) is 49.6 Å². The largest absolute Gasteiger partial charge is 0.352 e. The topological polar surface area (TPSA) is 69.7 Å². The lowest BCUT2D eigenvalue weighted by atomic mass is 9.82. The van der Waals surface area contributed by atoms with E-state index in [9.17, 15) is 14.4 Å². The van der Waals surface area contributed by atoms with E-state index in [-0.39, 0.29) is 24.1 Å². The highest BCUT2D eigenvalue weighted by Gasteiger charge is 2.47. The van der Waals surface area contributed by atoms with Crippen LogP contribution in [0.25, 0.3) is 0 Å². The van der Waals surface area contributed by atoms with Crippen LogP contribution in [0.2, 0.25) is 5.02 Å². The Morgan fingerprint density at radius 2 is 1.74 bits per heavy atom. The third kappa shape index (κ3) is 4.44. The molecule has 0 unspecified atom stereocenters. The third-order valence-electron chi connectivity index (χ3n) is 6.43. The highest BCUT2D eigenvalue weighted by atomic mass is 35.5. The Morgan fingerprint density at radius 3 is 2.39 bits per heavy atom. The average Bonchev–Trinajstić information content (AvgIpc) is 3.11. The minimum Gasteiger partial charge on any atom is -0.352 e. The molecule has 31 heavy (non-hydrogen) atoms. The quantitative estimate of drug-likeness (QED) is 0.776. The van der Waals surface area contributed by atoms with Crippen LogP contribution in [0.5, 0.6) is 0 Å². The zero-order valence-electron chi connectivity index (χ0n) is 17.6. The molecule has 2 aliphatic heterocycles. The summed E-state index contributed by atoms with van der Waals surface area (Å²) in [5.41, 5.74) is 2.05. The molecular formula is C24H26ClN3O3. The van der Waals surface area contributed by atoms with Gasteiger partial charge in [-0.1, -0.05) is 41.9 Å². The number of hydrogen-bond donors (Lipinski definition) is 1. The predicted octanol–water partition coefficient (Wildman–Crippen LogP) is 3.38. The van der Waals surface area contributed by atoms with Gasteiger partial charge < -0.3 is 15.1 Å². The molecular weight excluding hydrogens is 414 g/mol. The highest BCUT2D eigenvalue weighted by Crippen LogP contribution is 2.38. The minimum absolute atomic E-state index is 0.0248. The van der Waals surface area contributed by atoms with Gasteiger partial charge in [0.1, 0.15) is 0 Å². The van der Waals surface area contributed by atoms with Gasteiger partial charge in [-0.2, -0.15) is 0 Å². The second kappa shape index (κ2) is 8.71. The van der Waals surface area contributed by atoms with Gasteiger partial charge in [-0.3, -0.25) is 14.4 Å². The summed E-state index contributed by atoms with van der Waals surface area (Å²) in [6.45, 7) is 3.54. The van der Waals surface area contributed by atoms with Crippen LogP contribution >= 0.6 is 11.6 Å². The molecule has 3 amide bonds. The van der Waals surface area contributed by atoms with Crippen molar-refractivity contribution in [1.29, 1.82) is 0 Å². The smallest absolute Gasteiger partial charge is 0.254 e. The fourth-order valence-corrected chi connectivity index (χ4v) is 4.71. The summed E-state index contributed by atoms with van der Waals surface area (Å²) in [6, 6.07) is 14.9. The van der Waals surface area contributed by atoms with Crippen molar-refractivity contribution in [3.8, 4) is 0 Å². The van der Waals surface area contributed by atoms with Crippen molar-refractivity contribution in [2.45, 2.75) is 44.8 Å². The third-order valence-corrected chi connectivity index (χ3v) is 6.68. The molecule has 0 radical (unpaired) electrons. The maximum Gasteiger partial charge on any atom is 0.254 e. The van der Waals surface area contributed by atoms with Gasteiger partial charge in [0.25, 0.3) is 5.91 Å². The van der Waals surface area contributed by atoms with Crippen LogP contribution in [-0.4, -0.2) is 46.1 Å². The molecule has 2 aliphatic rings. The van der Waals surface area contributed by atoms with Crippen molar-refractivity contribution < 1.29 is 14.4 Å². The Labute approximate surface area is 187 Å². The summed E-state index contributed by atoms with van der Waals surface area (Å²) >= 11 is 5.93. The molecule has 6 nitrogen and oxygen atoms in total. The molecule has 7 heteroatoms. The first-order chi connectivity index (χ1) is 14.9. The van der Waals surface area contributed by atoms with Crippen LogP contribution in [0.3, 0.4) is 0 Å². The van der Waals surface area contributed by atoms with E-state index in [1.54, 1.807) is 24.0 Å². The van der Waals surface area contributed by atoms with Crippen LogP contribution in [0.4, 0.5) is 0 Å². The molecule has 0 aliphatic carbocycles. The number of likely N-dealkylation sites (tertiary alicyclic amines) is 1. The summed E-state index contributed by atoms with van der Waals surface area (Å²) in [7, 11) is 0. The molecule has 1 N–H and O–H groups in total. The number of benzene rings is 2. The van der Waals surface area contributed by atoms with E-state index in [1.807, 2.05) is 41.3 Å². The van der Waals surface area contributed by atoms with Crippen LogP contribution in [0, 0.1) is 0 Å². The Morgan fingerprint density at radius 1 is 1.06 bits per heavy atom. The zero-order chi connectivity index (χ0) is 22.0. The van der Waals surface area contributed by atoms with Gasteiger partial charge >= 0.3 is 0 Å². The number of carbonyl (C=O) groups excluding carboxylic acids is 3. The molecule has 2 aromatic carbocycles. The van der Waals surface area contributed by atoms with Crippen molar-refractivity contribution >= 4 is 29.3 Å². The lowest BCUT2D eigenvalue weighted by molar-refractivity contribution is -0.132. The van der Waals surface area contributed by atoms with Gasteiger partial charge in [0.2, 0.25) is 11.8 Å². The molecule has 0 bridgehead atoms. The molecule has 0 spiro atoms. The van der Waals surface area contributed by atoms with Crippen LogP contribution in [-0.2, 0) is 22.7 Å². The number of fused-ring (bicyclic) bond motifs is 1. The average molecular weight is 440 g/mol. The van der Waals surface area contributed by atoms with Crippen molar-refractivity contribution in [3.63, 3.8) is 0 Å². The number of carbonyl (C=O) groups is 3. The van der Waals surface area contributed by atoms with E-state index in [1.165, 1.54) is 0 Å². The number of amides is 3. The Hall–Kier alpha value is -2.86. The van der Waals surface area contributed by atoms with Gasteiger partial charge in [-0.15, -0.1) is 0 Å². The number of nitrogens with zero attached hydrogens (tertiary/aromatic N) is 2. The first-order valence-corrected chi connectivity index (χ1v) is 10.9. The van der Waals surface area contributed by atoms with Crippen LogP contribution in [0.1, 0.15) is 47.7 Å². The lowest BCUT2D eigenvalue weighted by Crippen LogP contribution is -2.57. The number of halogens is 1. The van der Waals surface area contributed by atoms with Crippen LogP contribution < -0.4 is 5.32 Å². The monoisotopic (exact) mass is 439 g/mol. The summed E-state index contributed by atoms with van der Waals surface area (Å²) in [5.74, 6) is -0.107. The van der Waals surface area contributed by atoms with Gasteiger partial charge in [-0.05, 0) is 42.2 Å². The molecule has 162 valence electrons. The van der Waals surface area contributed by atoms with E-state index in [4.69, 9.17) is 11.6 Å². The standard InChI is InChI=1S/C24H26ClN3O3/c1-17(29)27-12-10-24(11-13-27,28-16-19-4-2-3-5-21(19)23(28)31)14-22(30)26-15-18-6-8-20(25)9-7-18/h2-9H,10-16H2,1H3,(H,26,30). The Bertz CT molecular complexity index is 997. The maximum atomic E-state index is 13.2. The van der Waals surface area contributed by atoms with Crippen molar-refractivity contribution in [3.05, 3.63) is 70.2 Å². The molecule has 2 heterocycles. The second-order valence-electron chi connectivity index (χ2n) is 8.36. The first-order valence-electron chi connectivity index (χ1n) is 10.5. The number of piperidine rings is 1. The van der Waals surface area contributed by atoms with Gasteiger partial charge in [-0.25, -0.2) is 0 Å². The van der Waals surface area contributed by atoms with Crippen LogP contribution in [0.15, 0.2) is 48.5 Å². The normalized spacial score (nSPS) is 17.4. The Balaban J connectivity index is 1.51. The molecule has 1 saturated heterocycles. The second-order valence-corrected chi connectivity index (χ2v) is 8.80. The SMILES string of the molecule is CC(=O)N1CCC(CC(=O)NCc2ccc(Cl)cc2)(N2Cc3ccccc3C2=O)CC1. The lowest BCUT2D eigenvalue weighted by Gasteiger charge is -2.47. The zero-order valence-corrected chi connectivity index (χ0v) is 18.3. The van der Waals surface area contributed by atoms with E-state index in [2.05, 4.69) is 5.32 Å². The summed E-state index contributed by atoms with van der Waals surface area (Å²) in [5, 5.41) is 3.63. The number of nitrogens with one attached hydrogen (secondary N) is 1. The molecule has 1 fully saturated rings. The summed E-state index contributed by atoms with van der Waals surface area (Å²) < 4.78 is 0. The highest BCUT2D eigenvalue weighted by molar-refractivity contribution is 6.30. The fraction of sp³-hybridized carbons (Fsp3) is 0.375. The minimum atomic E-state index is -0.605. The van der Waals surface area contributed by atoms with E-state index >= 15 is 0 Å². The van der Waals surface area contributed by atoms with Crippen molar-refractivity contribution in [2.75, 3.05) is 13.1 Å². The summed E-state index contributed by atoms with van der Waals surface area (Å²) in [6.07, 6.45) is 1.38. The van der Waals surface area contributed by atoms with E-state index < -0.39 is 5.54 Å². The molecule has 0 saturated carbocycles. The summed E-state index contributed by atoms with van der Waals surface area (Å²) in [4.78, 5) is 41.6. The predicted molar refractivity (Wildman–Crippen MR) is 118 cm³/mol. The number of rotatable bonds is 5. The van der Waals surface area contributed by atoms with Crippen molar-refractivity contribution in [1.82, 2.24) is 15.1 Å². The maximum absolute atomic E-state index is 13.2. The molecule has 4 rings (SSSR count). The fourth-order valence-electron chi connectivity index (χ4n) is 4.58. The molecule has 0 atom stereocenters. The van der Waals surface area contributed by atoms with Gasteiger partial charge in [0.15, 0.2) is 0 Å². The van der Waals surface area contributed by atoms with Crippen molar-refractivity contribution in [2.24, 2.45) is 0 Å². The van der Waals surface area contributed by atoms with Gasteiger partial charge in [0, 0.05) is 43.7 Å². The van der Waals surface area contributed by atoms with Gasteiger partial charge in [0.05, 0.1) is 12.0 Å². The molecule has 2 aromatic rings.